The van der Waals surface area contributed by atoms with E-state index in [1.807, 2.05) is 0 Å². The lowest BCUT2D eigenvalue weighted by molar-refractivity contribution is -0.00848. The second-order valence-electron chi connectivity index (χ2n) is 6.54. The van der Waals surface area contributed by atoms with Crippen LogP contribution in [0.4, 0.5) is 0 Å². The molecule has 3 rings (SSSR count). The number of rotatable bonds is 1. The Kier molecular flexibility index (Phi) is 4.22. The molecule has 0 bridgehead atoms. The number of hydrogen-bond acceptors (Lipinski definition) is 3. The minimum atomic E-state index is 0.754. The van der Waals surface area contributed by atoms with Gasteiger partial charge in [-0.15, -0.1) is 0 Å². The maximum Gasteiger partial charge on any atom is 0.0224 e. The fraction of sp³-hybridized carbons (Fsp3) is 1.00. The highest BCUT2D eigenvalue weighted by atomic mass is 15.3. The predicted octanol–water partition coefficient (Wildman–Crippen LogP) is 1.69. The summed E-state index contributed by atoms with van der Waals surface area (Å²) in [6, 6.07) is 2.41. The molecule has 3 nitrogen and oxygen atoms in total. The van der Waals surface area contributed by atoms with Crippen molar-refractivity contribution in [1.29, 1.82) is 0 Å². The maximum atomic E-state index is 3.63. The Morgan fingerprint density at radius 1 is 0.944 bits per heavy atom. The van der Waals surface area contributed by atoms with Crippen molar-refractivity contribution in [2.45, 2.75) is 63.6 Å². The topological polar surface area (TPSA) is 18.5 Å². The molecule has 3 atom stereocenters. The van der Waals surface area contributed by atoms with Crippen LogP contribution in [0.1, 0.15) is 45.4 Å². The molecule has 3 aliphatic heterocycles. The monoisotopic (exact) mass is 251 g/mol. The molecule has 1 N–H and O–H groups in total. The summed E-state index contributed by atoms with van der Waals surface area (Å²) in [5.41, 5.74) is 0. The van der Waals surface area contributed by atoms with Crippen molar-refractivity contribution in [3.8, 4) is 0 Å². The van der Waals surface area contributed by atoms with E-state index in [-0.39, 0.29) is 0 Å². The summed E-state index contributed by atoms with van der Waals surface area (Å²) >= 11 is 0. The van der Waals surface area contributed by atoms with Crippen LogP contribution in [0, 0.1) is 0 Å². The number of fused-ring (bicyclic) bond motifs is 1. The zero-order valence-electron chi connectivity index (χ0n) is 11.9. The Morgan fingerprint density at radius 2 is 1.78 bits per heavy atom. The van der Waals surface area contributed by atoms with Gasteiger partial charge in [0.15, 0.2) is 0 Å². The first kappa shape index (κ1) is 12.9. The van der Waals surface area contributed by atoms with Crippen LogP contribution in [0.25, 0.3) is 0 Å². The van der Waals surface area contributed by atoms with Crippen LogP contribution in [0.2, 0.25) is 0 Å². The molecule has 3 heteroatoms. The Bertz CT molecular complexity index is 260. The molecule has 3 heterocycles. The Balaban J connectivity index is 1.63. The van der Waals surface area contributed by atoms with Gasteiger partial charge < -0.3 is 5.32 Å². The second kappa shape index (κ2) is 5.89. The van der Waals surface area contributed by atoms with E-state index in [9.17, 15) is 0 Å². The molecule has 3 unspecified atom stereocenters. The van der Waals surface area contributed by atoms with E-state index in [1.165, 1.54) is 71.2 Å². The third-order valence-corrected chi connectivity index (χ3v) is 5.23. The smallest absolute Gasteiger partial charge is 0.0224 e. The Labute approximate surface area is 112 Å². The molecule has 3 fully saturated rings. The quantitative estimate of drug-likeness (QED) is 0.765. The normalized spacial score (nSPS) is 40.2. The van der Waals surface area contributed by atoms with Crippen molar-refractivity contribution in [2.75, 3.05) is 32.7 Å². The van der Waals surface area contributed by atoms with E-state index in [4.69, 9.17) is 0 Å². The van der Waals surface area contributed by atoms with Crippen LogP contribution in [0.5, 0.6) is 0 Å². The van der Waals surface area contributed by atoms with Crippen LogP contribution >= 0.6 is 0 Å². The molecule has 0 spiro atoms. The molecule has 3 saturated heterocycles. The molecular formula is C15H29N3. The van der Waals surface area contributed by atoms with E-state index in [0.717, 1.165) is 18.1 Å². The standard InChI is InChI=1S/C15H29N3/c1-13-11-17-9-5-3-7-15(17)12-18(13)14-6-2-4-8-16-10-14/h13-16H,2-12H2,1H3. The summed E-state index contributed by atoms with van der Waals surface area (Å²) in [4.78, 5) is 5.58. The van der Waals surface area contributed by atoms with Crippen molar-refractivity contribution in [3.05, 3.63) is 0 Å². The van der Waals surface area contributed by atoms with E-state index in [2.05, 4.69) is 22.0 Å². The van der Waals surface area contributed by atoms with E-state index in [0.29, 0.717) is 0 Å². The Hall–Kier alpha value is -0.120. The maximum absolute atomic E-state index is 3.63. The van der Waals surface area contributed by atoms with E-state index < -0.39 is 0 Å². The fourth-order valence-electron chi connectivity index (χ4n) is 4.17. The molecule has 104 valence electrons. The summed E-state index contributed by atoms with van der Waals surface area (Å²) in [6.45, 7) is 8.88. The summed E-state index contributed by atoms with van der Waals surface area (Å²) < 4.78 is 0. The van der Waals surface area contributed by atoms with Crippen LogP contribution in [0.3, 0.4) is 0 Å². The molecule has 0 aromatic heterocycles. The van der Waals surface area contributed by atoms with Gasteiger partial charge in [-0.05, 0) is 45.7 Å². The lowest BCUT2D eigenvalue weighted by atomic mass is 9.95. The van der Waals surface area contributed by atoms with Gasteiger partial charge in [-0.1, -0.05) is 12.8 Å². The van der Waals surface area contributed by atoms with Gasteiger partial charge in [-0.2, -0.15) is 0 Å². The largest absolute Gasteiger partial charge is 0.315 e. The highest BCUT2D eigenvalue weighted by Gasteiger charge is 2.35. The summed E-state index contributed by atoms with van der Waals surface area (Å²) in [5, 5.41) is 3.63. The average Bonchev–Trinajstić information content (AvgIpc) is 2.66. The van der Waals surface area contributed by atoms with Crippen molar-refractivity contribution in [2.24, 2.45) is 0 Å². The van der Waals surface area contributed by atoms with Gasteiger partial charge in [-0.25, -0.2) is 0 Å². The number of nitrogens with one attached hydrogen (secondary N) is 1. The average molecular weight is 251 g/mol. The minimum Gasteiger partial charge on any atom is -0.315 e. The second-order valence-corrected chi connectivity index (χ2v) is 6.54. The predicted molar refractivity (Wildman–Crippen MR) is 75.9 cm³/mol. The van der Waals surface area contributed by atoms with Crippen LogP contribution in [0.15, 0.2) is 0 Å². The zero-order valence-corrected chi connectivity index (χ0v) is 11.9. The summed E-state index contributed by atoms with van der Waals surface area (Å²) in [7, 11) is 0. The van der Waals surface area contributed by atoms with Gasteiger partial charge in [-0.3, -0.25) is 9.80 Å². The van der Waals surface area contributed by atoms with Gasteiger partial charge in [0, 0.05) is 37.8 Å². The highest BCUT2D eigenvalue weighted by Crippen LogP contribution is 2.26. The van der Waals surface area contributed by atoms with Gasteiger partial charge in [0.05, 0.1) is 0 Å². The van der Waals surface area contributed by atoms with Gasteiger partial charge >= 0.3 is 0 Å². The molecular weight excluding hydrogens is 222 g/mol. The van der Waals surface area contributed by atoms with Crippen molar-refractivity contribution in [1.82, 2.24) is 15.1 Å². The van der Waals surface area contributed by atoms with Crippen LogP contribution < -0.4 is 5.32 Å². The zero-order chi connectivity index (χ0) is 12.4. The molecule has 0 saturated carbocycles. The molecule has 3 aliphatic rings. The Morgan fingerprint density at radius 3 is 2.72 bits per heavy atom. The van der Waals surface area contributed by atoms with Gasteiger partial charge in [0.25, 0.3) is 0 Å². The minimum absolute atomic E-state index is 0.754. The molecule has 0 aliphatic carbocycles. The van der Waals surface area contributed by atoms with Gasteiger partial charge in [0.1, 0.15) is 0 Å². The van der Waals surface area contributed by atoms with Crippen LogP contribution in [-0.2, 0) is 0 Å². The van der Waals surface area contributed by atoms with Crippen LogP contribution in [-0.4, -0.2) is 60.6 Å². The number of nitrogens with zero attached hydrogens (tertiary/aromatic N) is 2. The summed E-state index contributed by atoms with van der Waals surface area (Å²) in [5.74, 6) is 0. The number of hydrogen-bond donors (Lipinski definition) is 1. The first-order valence-corrected chi connectivity index (χ1v) is 8.05. The van der Waals surface area contributed by atoms with Gasteiger partial charge in [0.2, 0.25) is 0 Å². The lowest BCUT2D eigenvalue weighted by Gasteiger charge is -2.50. The van der Waals surface area contributed by atoms with E-state index >= 15 is 0 Å². The SMILES string of the molecule is CC1CN2CCCCC2CN1C1CCCCNC1. The summed E-state index contributed by atoms with van der Waals surface area (Å²) in [6.07, 6.45) is 8.50. The van der Waals surface area contributed by atoms with Crippen molar-refractivity contribution in [3.63, 3.8) is 0 Å². The third-order valence-electron chi connectivity index (χ3n) is 5.23. The number of piperidine rings is 1. The van der Waals surface area contributed by atoms with Crippen molar-refractivity contribution >= 4 is 0 Å². The van der Waals surface area contributed by atoms with Crippen molar-refractivity contribution < 1.29 is 0 Å². The molecule has 0 aromatic rings. The fourth-order valence-corrected chi connectivity index (χ4v) is 4.17. The third kappa shape index (κ3) is 2.73. The molecule has 0 amide bonds. The molecule has 0 radical (unpaired) electrons. The molecule has 0 aromatic carbocycles. The lowest BCUT2D eigenvalue weighted by Crippen LogP contribution is -2.62. The first-order chi connectivity index (χ1) is 8.84. The highest BCUT2D eigenvalue weighted by molar-refractivity contribution is 4.92. The van der Waals surface area contributed by atoms with E-state index in [1.54, 1.807) is 0 Å². The number of piperazine rings is 1. The molecule has 18 heavy (non-hydrogen) atoms. The first-order valence-electron chi connectivity index (χ1n) is 8.05.